The first-order valence-electron chi connectivity index (χ1n) is 8.23. The van der Waals surface area contributed by atoms with Gasteiger partial charge in [-0.05, 0) is 30.7 Å². The maximum absolute atomic E-state index is 13.0. The summed E-state index contributed by atoms with van der Waals surface area (Å²) in [6.07, 6.45) is 5.52. The first-order valence-corrected chi connectivity index (χ1v) is 9.46. The van der Waals surface area contributed by atoms with Crippen LogP contribution in [0.5, 0.6) is 0 Å². The van der Waals surface area contributed by atoms with Crippen LogP contribution in [0.15, 0.2) is 41.7 Å². The van der Waals surface area contributed by atoms with Crippen molar-refractivity contribution in [3.63, 3.8) is 0 Å². The van der Waals surface area contributed by atoms with Gasteiger partial charge in [-0.1, -0.05) is 36.1 Å². The van der Waals surface area contributed by atoms with Crippen molar-refractivity contribution in [2.75, 3.05) is 6.54 Å². The number of aromatic amines is 1. The molecule has 1 aromatic carbocycles. The van der Waals surface area contributed by atoms with Gasteiger partial charge in [0.1, 0.15) is 16.2 Å². The van der Waals surface area contributed by atoms with Gasteiger partial charge in [-0.2, -0.15) is 0 Å². The molecular weight excluding hydrogens is 387 g/mol. The molecule has 0 saturated carbocycles. The number of hydrogen-bond acceptors (Lipinski definition) is 5. The number of nitrogens with zero attached hydrogens (tertiary/aromatic N) is 2. The van der Waals surface area contributed by atoms with Crippen molar-refractivity contribution >= 4 is 46.2 Å². The number of hydrogen-bond donors (Lipinski definition) is 2. The van der Waals surface area contributed by atoms with Crippen molar-refractivity contribution in [1.82, 2.24) is 20.2 Å². The van der Waals surface area contributed by atoms with E-state index in [4.69, 9.17) is 12.2 Å². The van der Waals surface area contributed by atoms with E-state index in [2.05, 4.69) is 15.3 Å². The Kier molecular flexibility index (Phi) is 6.02. The van der Waals surface area contributed by atoms with Crippen LogP contribution in [0.25, 0.3) is 6.08 Å². The molecule has 1 atom stereocenters. The number of thioether (sulfide) groups is 1. The Labute approximate surface area is 165 Å². The first kappa shape index (κ1) is 19.2. The minimum atomic E-state index is -0.724. The lowest BCUT2D eigenvalue weighted by Crippen LogP contribution is -2.47. The standard InChI is InChI=1S/C18H17FN4O2S2/c1-11(16(24)21-7-6-14-9-20-10-22-14)23-17(25)15(27-18(23)26)8-12-2-4-13(19)5-3-12/h2-5,8-11H,6-7H2,1H3,(H,20,22)(H,21,24). The Hall–Kier alpha value is -2.52. The fraction of sp³-hybridized carbons (Fsp3) is 0.222. The van der Waals surface area contributed by atoms with Gasteiger partial charge >= 0.3 is 0 Å². The molecular formula is C18H17FN4O2S2. The van der Waals surface area contributed by atoms with E-state index in [-0.39, 0.29) is 17.6 Å². The molecule has 1 aromatic heterocycles. The summed E-state index contributed by atoms with van der Waals surface area (Å²) in [5.41, 5.74) is 1.60. The molecule has 1 aliphatic rings. The minimum absolute atomic E-state index is 0.283. The van der Waals surface area contributed by atoms with Gasteiger partial charge in [0, 0.05) is 24.9 Å². The van der Waals surface area contributed by atoms with Gasteiger partial charge in [0.2, 0.25) is 5.91 Å². The Morgan fingerprint density at radius 2 is 2.19 bits per heavy atom. The van der Waals surface area contributed by atoms with E-state index in [1.807, 2.05) is 0 Å². The number of nitrogens with one attached hydrogen (secondary N) is 2. The van der Waals surface area contributed by atoms with Gasteiger partial charge in [-0.25, -0.2) is 9.37 Å². The van der Waals surface area contributed by atoms with Crippen LogP contribution in [0, 0.1) is 5.82 Å². The van der Waals surface area contributed by atoms with E-state index in [0.717, 1.165) is 17.5 Å². The maximum Gasteiger partial charge on any atom is 0.266 e. The topological polar surface area (TPSA) is 78.1 Å². The summed E-state index contributed by atoms with van der Waals surface area (Å²) in [6.45, 7) is 2.06. The van der Waals surface area contributed by atoms with Crippen molar-refractivity contribution in [2.45, 2.75) is 19.4 Å². The third-order valence-electron chi connectivity index (χ3n) is 4.01. The van der Waals surface area contributed by atoms with Gasteiger partial charge in [0.25, 0.3) is 5.91 Å². The Morgan fingerprint density at radius 3 is 2.85 bits per heavy atom. The molecule has 0 bridgehead atoms. The largest absolute Gasteiger partial charge is 0.354 e. The Morgan fingerprint density at radius 1 is 1.44 bits per heavy atom. The van der Waals surface area contributed by atoms with Gasteiger partial charge in [-0.3, -0.25) is 14.5 Å². The molecule has 140 valence electrons. The molecule has 2 heterocycles. The highest BCUT2D eigenvalue weighted by Crippen LogP contribution is 2.33. The van der Waals surface area contributed by atoms with Gasteiger partial charge < -0.3 is 10.3 Å². The number of carbonyl (C=O) groups excluding carboxylic acids is 2. The van der Waals surface area contributed by atoms with Gasteiger partial charge in [0.05, 0.1) is 11.2 Å². The van der Waals surface area contributed by atoms with Gasteiger partial charge in [-0.15, -0.1) is 0 Å². The predicted octanol–water partition coefficient (Wildman–Crippen LogP) is 2.50. The SMILES string of the molecule is CC(C(=O)NCCc1cnc[nH]1)N1C(=O)C(=Cc2ccc(F)cc2)SC1=S. The van der Waals surface area contributed by atoms with Crippen LogP contribution in [0.2, 0.25) is 0 Å². The van der Waals surface area contributed by atoms with Crippen LogP contribution in [-0.2, 0) is 16.0 Å². The lowest BCUT2D eigenvalue weighted by atomic mass is 10.2. The average Bonchev–Trinajstić information content (AvgIpc) is 3.25. The zero-order chi connectivity index (χ0) is 19.4. The van der Waals surface area contributed by atoms with Crippen LogP contribution >= 0.6 is 24.0 Å². The van der Waals surface area contributed by atoms with Crippen molar-refractivity contribution in [3.05, 3.63) is 58.8 Å². The summed E-state index contributed by atoms with van der Waals surface area (Å²) in [6, 6.07) is 5.07. The molecule has 1 fully saturated rings. The zero-order valence-electron chi connectivity index (χ0n) is 14.4. The first-order chi connectivity index (χ1) is 13.0. The third-order valence-corrected chi connectivity index (χ3v) is 5.34. The maximum atomic E-state index is 13.0. The van der Waals surface area contributed by atoms with E-state index < -0.39 is 6.04 Å². The molecule has 9 heteroatoms. The number of benzene rings is 1. The normalized spacial score (nSPS) is 16.8. The fourth-order valence-electron chi connectivity index (χ4n) is 2.53. The van der Waals surface area contributed by atoms with Crippen molar-refractivity contribution < 1.29 is 14.0 Å². The van der Waals surface area contributed by atoms with Crippen LogP contribution in [0.3, 0.4) is 0 Å². The second-order valence-corrected chi connectivity index (χ2v) is 7.57. The number of thiocarbonyl (C=S) groups is 1. The predicted molar refractivity (Wildman–Crippen MR) is 106 cm³/mol. The number of imidazole rings is 1. The van der Waals surface area contributed by atoms with E-state index in [0.29, 0.717) is 27.8 Å². The van der Waals surface area contributed by atoms with Crippen molar-refractivity contribution in [1.29, 1.82) is 0 Å². The minimum Gasteiger partial charge on any atom is -0.354 e. The molecule has 2 amide bonds. The quantitative estimate of drug-likeness (QED) is 0.571. The third kappa shape index (κ3) is 4.61. The second kappa shape index (κ2) is 8.45. The smallest absolute Gasteiger partial charge is 0.266 e. The monoisotopic (exact) mass is 404 g/mol. The molecule has 0 radical (unpaired) electrons. The highest BCUT2D eigenvalue weighted by atomic mass is 32.2. The highest BCUT2D eigenvalue weighted by Gasteiger charge is 2.38. The summed E-state index contributed by atoms with van der Waals surface area (Å²) in [4.78, 5) is 33.7. The lowest BCUT2D eigenvalue weighted by Gasteiger charge is -2.22. The van der Waals surface area contributed by atoms with Crippen LogP contribution < -0.4 is 5.32 Å². The van der Waals surface area contributed by atoms with Crippen LogP contribution in [-0.4, -0.2) is 43.6 Å². The van der Waals surface area contributed by atoms with Gasteiger partial charge in [0.15, 0.2) is 0 Å². The highest BCUT2D eigenvalue weighted by molar-refractivity contribution is 8.26. The van der Waals surface area contributed by atoms with E-state index in [9.17, 15) is 14.0 Å². The number of amides is 2. The zero-order valence-corrected chi connectivity index (χ0v) is 16.1. The van der Waals surface area contributed by atoms with Crippen LogP contribution in [0.1, 0.15) is 18.2 Å². The Bertz CT molecular complexity index is 881. The van der Waals surface area contributed by atoms with Crippen LogP contribution in [0.4, 0.5) is 4.39 Å². The molecule has 1 unspecified atom stereocenters. The number of aromatic nitrogens is 2. The molecule has 3 rings (SSSR count). The average molecular weight is 404 g/mol. The van der Waals surface area contributed by atoms with Crippen molar-refractivity contribution in [2.24, 2.45) is 0 Å². The molecule has 1 aliphatic heterocycles. The summed E-state index contributed by atoms with van der Waals surface area (Å²) in [5.74, 6) is -0.959. The summed E-state index contributed by atoms with van der Waals surface area (Å²) < 4.78 is 13.3. The molecule has 27 heavy (non-hydrogen) atoms. The van der Waals surface area contributed by atoms with E-state index in [1.54, 1.807) is 37.7 Å². The molecule has 2 aromatic rings. The number of rotatable bonds is 6. The van der Waals surface area contributed by atoms with E-state index >= 15 is 0 Å². The molecule has 6 nitrogen and oxygen atoms in total. The number of H-pyrrole nitrogens is 1. The molecule has 0 spiro atoms. The lowest BCUT2D eigenvalue weighted by molar-refractivity contribution is -0.132. The number of carbonyl (C=O) groups is 2. The fourth-order valence-corrected chi connectivity index (χ4v) is 3.95. The molecule has 0 aliphatic carbocycles. The molecule has 1 saturated heterocycles. The summed E-state index contributed by atoms with van der Waals surface area (Å²) >= 11 is 6.41. The summed E-state index contributed by atoms with van der Waals surface area (Å²) in [5, 5.41) is 2.80. The molecule has 2 N–H and O–H groups in total. The Balaban J connectivity index is 1.63. The summed E-state index contributed by atoms with van der Waals surface area (Å²) in [7, 11) is 0. The second-order valence-electron chi connectivity index (χ2n) is 5.90. The van der Waals surface area contributed by atoms with E-state index in [1.165, 1.54) is 17.0 Å². The van der Waals surface area contributed by atoms with Crippen molar-refractivity contribution in [3.8, 4) is 0 Å². The number of halogens is 1.